The summed E-state index contributed by atoms with van der Waals surface area (Å²) in [6, 6.07) is 7.05. The molecule has 2 aromatic rings. The molecule has 0 radical (unpaired) electrons. The summed E-state index contributed by atoms with van der Waals surface area (Å²) in [5.41, 5.74) is 0.820. The van der Waals surface area contributed by atoms with Crippen LogP contribution in [0.3, 0.4) is 0 Å². The van der Waals surface area contributed by atoms with Crippen molar-refractivity contribution in [3.05, 3.63) is 41.6 Å². The SMILES string of the molecule is Fc1cnc(Cl)nc1Oc1cccc(NB2CO2)c1. The topological polar surface area (TPSA) is 59.6 Å². The van der Waals surface area contributed by atoms with Gasteiger partial charge >= 0.3 is 7.05 Å². The lowest BCUT2D eigenvalue weighted by molar-refractivity contribution is 0.420. The summed E-state index contributed by atoms with van der Waals surface area (Å²) in [7, 11) is 0.0421. The molecule has 1 saturated heterocycles. The van der Waals surface area contributed by atoms with Gasteiger partial charge in [0.25, 0.3) is 5.88 Å². The van der Waals surface area contributed by atoms with Crippen LogP contribution in [0.1, 0.15) is 0 Å². The molecule has 5 nitrogen and oxygen atoms in total. The van der Waals surface area contributed by atoms with Gasteiger partial charge in [-0.2, -0.15) is 9.37 Å². The molecular weight excluding hydrogens is 271 g/mol. The monoisotopic (exact) mass is 279 g/mol. The fourth-order valence-electron chi connectivity index (χ4n) is 1.48. The smallest absolute Gasteiger partial charge is 0.436 e. The Kier molecular flexibility index (Phi) is 3.23. The van der Waals surface area contributed by atoms with Crippen molar-refractivity contribution in [1.82, 2.24) is 9.97 Å². The van der Waals surface area contributed by atoms with Gasteiger partial charge in [-0.05, 0) is 23.7 Å². The molecule has 0 unspecified atom stereocenters. The third-order valence-electron chi connectivity index (χ3n) is 2.39. The zero-order valence-electron chi connectivity index (χ0n) is 9.64. The molecule has 1 aromatic heterocycles. The number of nitrogens with one attached hydrogen (secondary N) is 1. The van der Waals surface area contributed by atoms with Gasteiger partial charge in [0.15, 0.2) is 0 Å². The largest absolute Gasteiger partial charge is 0.438 e. The molecule has 19 heavy (non-hydrogen) atoms. The van der Waals surface area contributed by atoms with Gasteiger partial charge < -0.3 is 14.6 Å². The molecule has 0 aliphatic carbocycles. The molecular formula is C11H8BClFN3O2. The number of ether oxygens (including phenoxy) is 1. The van der Waals surface area contributed by atoms with E-state index in [0.717, 1.165) is 11.9 Å². The predicted octanol–water partition coefficient (Wildman–Crippen LogP) is 2.53. The minimum Gasteiger partial charge on any atom is -0.436 e. The fourth-order valence-corrected chi connectivity index (χ4v) is 1.61. The van der Waals surface area contributed by atoms with Crippen LogP contribution in [-0.4, -0.2) is 23.5 Å². The summed E-state index contributed by atoms with van der Waals surface area (Å²) in [5.74, 6) is -0.438. The molecule has 2 heterocycles. The van der Waals surface area contributed by atoms with Crippen LogP contribution >= 0.6 is 11.6 Å². The average Bonchev–Trinajstić information content (AvgIpc) is 3.18. The van der Waals surface area contributed by atoms with Gasteiger partial charge in [0.1, 0.15) is 5.75 Å². The van der Waals surface area contributed by atoms with E-state index in [0.29, 0.717) is 12.3 Å². The number of hydrogen-bond acceptors (Lipinski definition) is 5. The average molecular weight is 279 g/mol. The van der Waals surface area contributed by atoms with Crippen LogP contribution in [0.4, 0.5) is 10.1 Å². The lowest BCUT2D eigenvalue weighted by atomic mass is 9.96. The molecule has 0 spiro atoms. The molecule has 0 saturated carbocycles. The van der Waals surface area contributed by atoms with Crippen molar-refractivity contribution in [2.75, 3.05) is 11.7 Å². The lowest BCUT2D eigenvalue weighted by Crippen LogP contribution is -2.07. The summed E-state index contributed by atoms with van der Waals surface area (Å²) in [4.78, 5) is 7.20. The lowest BCUT2D eigenvalue weighted by Gasteiger charge is -2.07. The summed E-state index contributed by atoms with van der Waals surface area (Å²) < 4.78 is 23.8. The first-order valence-electron chi connectivity index (χ1n) is 5.55. The Morgan fingerprint density at radius 3 is 3.11 bits per heavy atom. The van der Waals surface area contributed by atoms with Gasteiger partial charge in [-0.3, -0.25) is 0 Å². The molecule has 96 valence electrons. The first kappa shape index (κ1) is 12.2. The number of anilines is 1. The molecule has 1 aromatic carbocycles. The second-order valence-electron chi connectivity index (χ2n) is 3.89. The van der Waals surface area contributed by atoms with E-state index < -0.39 is 5.82 Å². The second kappa shape index (κ2) is 5.03. The molecule has 1 N–H and O–H groups in total. The highest BCUT2D eigenvalue weighted by atomic mass is 35.5. The van der Waals surface area contributed by atoms with E-state index in [4.69, 9.17) is 21.0 Å². The van der Waals surface area contributed by atoms with Gasteiger partial charge in [0, 0.05) is 11.8 Å². The number of benzene rings is 1. The zero-order chi connectivity index (χ0) is 13.2. The first-order chi connectivity index (χ1) is 9.20. The molecule has 0 bridgehead atoms. The Labute approximate surface area is 113 Å². The van der Waals surface area contributed by atoms with Gasteiger partial charge in [-0.1, -0.05) is 6.07 Å². The number of aromatic nitrogens is 2. The van der Waals surface area contributed by atoms with Crippen LogP contribution in [0.25, 0.3) is 0 Å². The molecule has 1 aliphatic heterocycles. The Balaban J connectivity index is 1.79. The van der Waals surface area contributed by atoms with Gasteiger partial charge in [-0.15, -0.1) is 0 Å². The van der Waals surface area contributed by atoms with Crippen molar-refractivity contribution >= 4 is 24.3 Å². The van der Waals surface area contributed by atoms with Crippen LogP contribution in [0.15, 0.2) is 30.5 Å². The number of hydrogen-bond donors (Lipinski definition) is 1. The fraction of sp³-hybridized carbons (Fsp3) is 0.0909. The van der Waals surface area contributed by atoms with E-state index in [1.165, 1.54) is 0 Å². The zero-order valence-corrected chi connectivity index (χ0v) is 10.4. The van der Waals surface area contributed by atoms with E-state index in [1.54, 1.807) is 18.2 Å². The van der Waals surface area contributed by atoms with E-state index in [2.05, 4.69) is 15.2 Å². The number of halogens is 2. The van der Waals surface area contributed by atoms with Crippen LogP contribution < -0.4 is 9.96 Å². The van der Waals surface area contributed by atoms with Crippen molar-refractivity contribution in [3.63, 3.8) is 0 Å². The van der Waals surface area contributed by atoms with Crippen molar-refractivity contribution < 1.29 is 13.8 Å². The number of rotatable bonds is 4. The standard InChI is InChI=1S/C11H8BClFN3O2/c13-11-15-5-9(14)10(16-11)19-8-3-1-2-7(4-8)17-12-6-18-12/h1-5,17H,6H2. The van der Waals surface area contributed by atoms with Crippen LogP contribution in [0.5, 0.6) is 11.6 Å². The summed E-state index contributed by atoms with van der Waals surface area (Å²) in [5, 5.41) is 3.04. The Bertz CT molecular complexity index is 612. The van der Waals surface area contributed by atoms with E-state index in [9.17, 15) is 4.39 Å². The Morgan fingerprint density at radius 1 is 1.47 bits per heavy atom. The van der Waals surface area contributed by atoms with Crippen LogP contribution in [-0.2, 0) is 4.65 Å². The maximum atomic E-state index is 13.4. The quantitative estimate of drug-likeness (QED) is 0.529. The van der Waals surface area contributed by atoms with E-state index >= 15 is 0 Å². The number of nitrogens with zero attached hydrogens (tertiary/aromatic N) is 2. The summed E-state index contributed by atoms with van der Waals surface area (Å²) >= 11 is 5.59. The molecule has 3 rings (SSSR count). The molecule has 1 aliphatic rings. The van der Waals surface area contributed by atoms with Gasteiger partial charge in [0.2, 0.25) is 11.1 Å². The molecule has 8 heteroatoms. The third-order valence-corrected chi connectivity index (χ3v) is 2.57. The van der Waals surface area contributed by atoms with Crippen molar-refractivity contribution in [2.45, 2.75) is 0 Å². The van der Waals surface area contributed by atoms with Crippen molar-refractivity contribution in [3.8, 4) is 11.6 Å². The summed E-state index contributed by atoms with van der Waals surface area (Å²) in [6.07, 6.45) is 0.963. The highest BCUT2D eigenvalue weighted by Gasteiger charge is 2.30. The van der Waals surface area contributed by atoms with E-state index in [1.807, 2.05) is 6.07 Å². The molecule has 0 amide bonds. The normalized spacial score (nSPS) is 13.3. The van der Waals surface area contributed by atoms with Crippen LogP contribution in [0.2, 0.25) is 5.28 Å². The maximum absolute atomic E-state index is 13.4. The van der Waals surface area contributed by atoms with Crippen molar-refractivity contribution in [1.29, 1.82) is 0 Å². The predicted molar refractivity (Wildman–Crippen MR) is 68.8 cm³/mol. The first-order valence-corrected chi connectivity index (χ1v) is 5.92. The third kappa shape index (κ3) is 3.13. The Hall–Kier alpha value is -1.86. The molecule has 0 atom stereocenters. The Morgan fingerprint density at radius 2 is 2.32 bits per heavy atom. The molecule has 1 fully saturated rings. The minimum absolute atomic E-state index is 0.0421. The summed E-state index contributed by atoms with van der Waals surface area (Å²) in [6.45, 7) is 0.682. The van der Waals surface area contributed by atoms with E-state index in [-0.39, 0.29) is 18.2 Å². The van der Waals surface area contributed by atoms with Crippen LogP contribution in [0, 0.1) is 5.82 Å². The van der Waals surface area contributed by atoms with Gasteiger partial charge in [-0.25, -0.2) is 4.98 Å². The maximum Gasteiger partial charge on any atom is 0.438 e. The van der Waals surface area contributed by atoms with Gasteiger partial charge in [0.05, 0.1) is 12.7 Å². The highest BCUT2D eigenvalue weighted by Crippen LogP contribution is 2.26. The second-order valence-corrected chi connectivity index (χ2v) is 4.23. The van der Waals surface area contributed by atoms with Crippen molar-refractivity contribution in [2.24, 2.45) is 0 Å². The minimum atomic E-state index is -0.673. The highest BCUT2D eigenvalue weighted by molar-refractivity contribution is 6.63.